The lowest BCUT2D eigenvalue weighted by molar-refractivity contribution is 0.153. The van der Waals surface area contributed by atoms with E-state index in [2.05, 4.69) is 0 Å². The Morgan fingerprint density at radius 3 is 2.79 bits per heavy atom. The predicted molar refractivity (Wildman–Crippen MR) is 55.6 cm³/mol. The van der Waals surface area contributed by atoms with E-state index in [9.17, 15) is 8.78 Å². The fourth-order valence-corrected chi connectivity index (χ4v) is 1.37. The Morgan fingerprint density at radius 2 is 2.21 bits per heavy atom. The molecule has 1 aromatic carbocycles. The van der Waals surface area contributed by atoms with Crippen molar-refractivity contribution in [1.82, 2.24) is 0 Å². The fourth-order valence-electron chi connectivity index (χ4n) is 1.22. The maximum Gasteiger partial charge on any atom is 0.249 e. The van der Waals surface area contributed by atoms with Crippen molar-refractivity contribution in [2.75, 3.05) is 0 Å². The Labute approximate surface area is 84.7 Å². The zero-order valence-electron chi connectivity index (χ0n) is 7.97. The smallest absolute Gasteiger partial charge is 0.249 e. The van der Waals surface area contributed by atoms with Crippen molar-refractivity contribution in [2.24, 2.45) is 0 Å². The maximum absolute atomic E-state index is 13.1. The van der Waals surface area contributed by atoms with Crippen LogP contribution < -0.4 is 4.74 Å². The van der Waals surface area contributed by atoms with Gasteiger partial charge in [-0.25, -0.2) is 4.39 Å². The van der Waals surface area contributed by atoms with E-state index in [1.165, 1.54) is 18.2 Å². The normalized spacial score (nSPS) is 12.6. The highest BCUT2D eigenvalue weighted by atomic mass is 31.0. The molecule has 0 aliphatic heterocycles. The molecular formula is C10H13F2OP. The summed E-state index contributed by atoms with van der Waals surface area (Å²) >= 11 is 0. The third kappa shape index (κ3) is 3.22. The van der Waals surface area contributed by atoms with Crippen LogP contribution >= 0.6 is 9.24 Å². The second-order valence-corrected chi connectivity index (χ2v) is 3.50. The van der Waals surface area contributed by atoms with Crippen LogP contribution in [0.5, 0.6) is 5.75 Å². The molecule has 1 rings (SSSR count). The van der Waals surface area contributed by atoms with Crippen LogP contribution in [0.2, 0.25) is 0 Å². The maximum atomic E-state index is 13.1. The summed E-state index contributed by atoms with van der Waals surface area (Å²) in [6.07, 6.45) is 0.0341. The van der Waals surface area contributed by atoms with Crippen molar-refractivity contribution in [3.05, 3.63) is 29.6 Å². The van der Waals surface area contributed by atoms with Crippen LogP contribution in [0.25, 0.3) is 0 Å². The monoisotopic (exact) mass is 218 g/mol. The minimum Gasteiger partial charge on any atom is -0.457 e. The molecule has 0 aliphatic carbocycles. The Hall–Kier alpha value is -0.690. The lowest BCUT2D eigenvalue weighted by Crippen LogP contribution is -2.01. The summed E-state index contributed by atoms with van der Waals surface area (Å²) in [7, 11) is 1.88. The second-order valence-electron chi connectivity index (χ2n) is 2.97. The van der Waals surface area contributed by atoms with E-state index in [1.807, 2.05) is 16.2 Å². The van der Waals surface area contributed by atoms with E-state index in [0.717, 1.165) is 6.42 Å². The Kier molecular flexibility index (Phi) is 4.27. The van der Waals surface area contributed by atoms with Gasteiger partial charge in [-0.3, -0.25) is 0 Å². The first-order valence-corrected chi connectivity index (χ1v) is 5.15. The number of aryl methyl sites for hydroxylation is 1. The van der Waals surface area contributed by atoms with Gasteiger partial charge >= 0.3 is 0 Å². The van der Waals surface area contributed by atoms with Crippen molar-refractivity contribution < 1.29 is 13.5 Å². The van der Waals surface area contributed by atoms with Gasteiger partial charge in [-0.2, -0.15) is 4.39 Å². The molecule has 1 aromatic rings. The van der Waals surface area contributed by atoms with Crippen LogP contribution in [0.15, 0.2) is 18.2 Å². The highest BCUT2D eigenvalue weighted by molar-refractivity contribution is 7.16. The van der Waals surface area contributed by atoms with Gasteiger partial charge in [-0.1, -0.05) is 22.6 Å². The Balaban J connectivity index is 2.83. The molecule has 0 spiro atoms. The SMILES string of the molecule is CCCc1cc(OC(F)P)ccc1F. The number of benzene rings is 1. The van der Waals surface area contributed by atoms with Gasteiger partial charge in [0.25, 0.3) is 0 Å². The molecule has 0 heterocycles. The van der Waals surface area contributed by atoms with Gasteiger partial charge in [-0.15, -0.1) is 0 Å². The highest BCUT2D eigenvalue weighted by Gasteiger charge is 2.05. The van der Waals surface area contributed by atoms with E-state index in [4.69, 9.17) is 4.74 Å². The molecule has 14 heavy (non-hydrogen) atoms. The molecule has 0 aromatic heterocycles. The molecule has 0 N–H and O–H groups in total. The number of rotatable bonds is 4. The van der Waals surface area contributed by atoms with Crippen LogP contribution in [0.3, 0.4) is 0 Å². The summed E-state index contributed by atoms with van der Waals surface area (Å²) in [6.45, 7) is 1.96. The van der Waals surface area contributed by atoms with E-state index >= 15 is 0 Å². The van der Waals surface area contributed by atoms with Crippen molar-refractivity contribution in [2.45, 2.75) is 25.9 Å². The van der Waals surface area contributed by atoms with Crippen molar-refractivity contribution >= 4 is 9.24 Å². The third-order valence-electron chi connectivity index (χ3n) is 1.79. The van der Waals surface area contributed by atoms with Crippen LogP contribution in [-0.2, 0) is 6.42 Å². The number of hydrogen-bond acceptors (Lipinski definition) is 1. The number of hydrogen-bond donors (Lipinski definition) is 0. The van der Waals surface area contributed by atoms with Gasteiger partial charge in [0.05, 0.1) is 0 Å². The average Bonchev–Trinajstić information content (AvgIpc) is 2.10. The summed E-state index contributed by atoms with van der Waals surface area (Å²) in [5, 5.41) is 0. The summed E-state index contributed by atoms with van der Waals surface area (Å²) in [4.78, 5) is 0. The highest BCUT2D eigenvalue weighted by Crippen LogP contribution is 2.20. The molecule has 0 fully saturated rings. The largest absolute Gasteiger partial charge is 0.457 e. The van der Waals surface area contributed by atoms with Gasteiger partial charge in [0, 0.05) is 0 Å². The molecule has 1 nitrogen and oxygen atoms in total. The number of ether oxygens (including phenoxy) is 1. The van der Waals surface area contributed by atoms with Gasteiger partial charge in [0.1, 0.15) is 11.6 Å². The van der Waals surface area contributed by atoms with E-state index in [0.29, 0.717) is 17.7 Å². The molecule has 0 amide bonds. The fraction of sp³-hybridized carbons (Fsp3) is 0.400. The zero-order chi connectivity index (χ0) is 10.6. The molecule has 4 heteroatoms. The van der Waals surface area contributed by atoms with Crippen molar-refractivity contribution in [1.29, 1.82) is 0 Å². The van der Waals surface area contributed by atoms with Gasteiger partial charge < -0.3 is 4.74 Å². The third-order valence-corrected chi connectivity index (χ3v) is 1.92. The van der Waals surface area contributed by atoms with Gasteiger partial charge in [0.2, 0.25) is 6.10 Å². The summed E-state index contributed by atoms with van der Waals surface area (Å²) < 4.78 is 30.4. The molecule has 0 bridgehead atoms. The molecule has 78 valence electrons. The van der Waals surface area contributed by atoms with Crippen molar-refractivity contribution in [3.8, 4) is 5.75 Å². The molecule has 0 saturated heterocycles. The Bertz CT molecular complexity index is 302. The van der Waals surface area contributed by atoms with Crippen LogP contribution in [0.4, 0.5) is 8.78 Å². The zero-order valence-corrected chi connectivity index (χ0v) is 9.12. The first kappa shape index (κ1) is 11.4. The molecular weight excluding hydrogens is 205 g/mol. The van der Waals surface area contributed by atoms with Crippen LogP contribution in [0, 0.1) is 5.82 Å². The van der Waals surface area contributed by atoms with E-state index in [-0.39, 0.29) is 5.82 Å². The van der Waals surface area contributed by atoms with Crippen LogP contribution in [0.1, 0.15) is 18.9 Å². The van der Waals surface area contributed by atoms with E-state index in [1.54, 1.807) is 0 Å². The molecule has 0 radical (unpaired) electrons. The Morgan fingerprint density at radius 1 is 1.50 bits per heavy atom. The van der Waals surface area contributed by atoms with E-state index < -0.39 is 6.10 Å². The molecule has 2 unspecified atom stereocenters. The minimum atomic E-state index is -1.45. The van der Waals surface area contributed by atoms with Crippen molar-refractivity contribution in [3.63, 3.8) is 0 Å². The molecule has 0 saturated carbocycles. The lowest BCUT2D eigenvalue weighted by Gasteiger charge is -2.08. The molecule has 2 atom stereocenters. The van der Waals surface area contributed by atoms with Crippen LogP contribution in [-0.4, -0.2) is 6.10 Å². The molecule has 0 aliphatic rings. The summed E-state index contributed by atoms with van der Waals surface area (Å²) in [5.41, 5.74) is 0.565. The first-order chi connectivity index (χ1) is 6.63. The van der Waals surface area contributed by atoms with Gasteiger partial charge in [-0.05, 0) is 30.2 Å². The quantitative estimate of drug-likeness (QED) is 0.704. The average molecular weight is 218 g/mol. The number of halogens is 2. The first-order valence-electron chi connectivity index (χ1n) is 4.48. The standard InChI is InChI=1S/C10H13F2OP/c1-2-3-7-6-8(13-10(12)14)4-5-9(7)11/h4-6,10H,2-3,14H2,1H3. The van der Waals surface area contributed by atoms with Gasteiger partial charge in [0.15, 0.2) is 0 Å². The topological polar surface area (TPSA) is 9.23 Å². The minimum absolute atomic E-state index is 0.265. The second kappa shape index (κ2) is 5.26. The lowest BCUT2D eigenvalue weighted by atomic mass is 10.1. The summed E-state index contributed by atoms with van der Waals surface area (Å²) in [5.74, 6) is 0.0933. The predicted octanol–water partition coefficient (Wildman–Crippen LogP) is 3.29. The number of alkyl halides is 1. The summed E-state index contributed by atoms with van der Waals surface area (Å²) in [6, 6.07) is 4.26.